The molecule has 2 atom stereocenters. The fraction of sp³-hybridized carbons (Fsp3) is 0.533. The third-order valence-electron chi connectivity index (χ3n) is 3.31. The minimum atomic E-state index is 0.231. The highest BCUT2D eigenvalue weighted by Gasteiger charge is 2.18. The average molecular weight is 264 g/mol. The van der Waals surface area contributed by atoms with Crippen LogP contribution in [0.15, 0.2) is 24.3 Å². The average Bonchev–Trinajstić information content (AvgIpc) is 2.41. The van der Waals surface area contributed by atoms with Gasteiger partial charge in [0.2, 0.25) is 0 Å². The number of ether oxygens (including phenoxy) is 1. The summed E-state index contributed by atoms with van der Waals surface area (Å²) < 4.78 is 6.12. The van der Waals surface area contributed by atoms with Gasteiger partial charge in [-0.25, -0.2) is 0 Å². The predicted molar refractivity (Wildman–Crippen MR) is 76.5 cm³/mol. The van der Waals surface area contributed by atoms with E-state index in [9.17, 15) is 4.79 Å². The molecule has 1 heterocycles. The van der Waals surface area contributed by atoms with Gasteiger partial charge in [-0.2, -0.15) is 11.8 Å². The van der Waals surface area contributed by atoms with Crippen LogP contribution in [0.4, 0.5) is 0 Å². The highest BCUT2D eigenvalue weighted by Crippen LogP contribution is 2.30. The maximum atomic E-state index is 10.6. The van der Waals surface area contributed by atoms with Gasteiger partial charge in [0.15, 0.2) is 0 Å². The van der Waals surface area contributed by atoms with E-state index in [2.05, 4.69) is 13.0 Å². The van der Waals surface area contributed by atoms with Crippen molar-refractivity contribution >= 4 is 18.0 Å². The molecule has 0 amide bonds. The first-order valence-electron chi connectivity index (χ1n) is 6.58. The molecule has 0 N–H and O–H groups in total. The molecule has 2 rings (SSSR count). The zero-order valence-electron chi connectivity index (χ0n) is 10.8. The van der Waals surface area contributed by atoms with Crippen LogP contribution >= 0.6 is 11.8 Å². The monoisotopic (exact) mass is 264 g/mol. The van der Waals surface area contributed by atoms with Gasteiger partial charge >= 0.3 is 0 Å². The molecular weight excluding hydrogens is 244 g/mol. The van der Waals surface area contributed by atoms with E-state index in [1.165, 1.54) is 12.2 Å². The molecule has 3 heteroatoms. The van der Waals surface area contributed by atoms with E-state index >= 15 is 0 Å². The first kappa shape index (κ1) is 13.5. The SMILES string of the molecule is CC(CC=O)c1ccccc1OC1CCCSC1. The van der Waals surface area contributed by atoms with Crippen LogP contribution in [0.5, 0.6) is 5.75 Å². The molecule has 0 spiro atoms. The van der Waals surface area contributed by atoms with Crippen LogP contribution in [-0.2, 0) is 4.79 Å². The van der Waals surface area contributed by atoms with E-state index in [1.807, 2.05) is 30.0 Å². The van der Waals surface area contributed by atoms with E-state index in [0.29, 0.717) is 12.5 Å². The van der Waals surface area contributed by atoms with Crippen LogP contribution in [0.1, 0.15) is 37.7 Å². The molecule has 1 fully saturated rings. The van der Waals surface area contributed by atoms with Gasteiger partial charge < -0.3 is 9.53 Å². The summed E-state index contributed by atoms with van der Waals surface area (Å²) >= 11 is 1.97. The topological polar surface area (TPSA) is 26.3 Å². The molecule has 98 valence electrons. The Morgan fingerprint density at radius 1 is 1.50 bits per heavy atom. The zero-order chi connectivity index (χ0) is 12.8. The van der Waals surface area contributed by atoms with Crippen molar-refractivity contribution in [1.82, 2.24) is 0 Å². The van der Waals surface area contributed by atoms with Crippen LogP contribution in [-0.4, -0.2) is 23.9 Å². The fourth-order valence-electron chi connectivity index (χ4n) is 2.25. The summed E-state index contributed by atoms with van der Waals surface area (Å²) in [6.07, 6.45) is 4.25. The van der Waals surface area contributed by atoms with Crippen molar-refractivity contribution < 1.29 is 9.53 Å². The van der Waals surface area contributed by atoms with Gasteiger partial charge in [-0.3, -0.25) is 0 Å². The van der Waals surface area contributed by atoms with Crippen LogP contribution < -0.4 is 4.74 Å². The third kappa shape index (κ3) is 3.52. The van der Waals surface area contributed by atoms with Crippen LogP contribution in [0, 0.1) is 0 Å². The van der Waals surface area contributed by atoms with Gasteiger partial charge in [-0.1, -0.05) is 25.1 Å². The van der Waals surface area contributed by atoms with Gasteiger partial charge in [0.1, 0.15) is 18.1 Å². The summed E-state index contributed by atoms with van der Waals surface area (Å²) in [6, 6.07) is 8.11. The lowest BCUT2D eigenvalue weighted by molar-refractivity contribution is -0.108. The number of benzene rings is 1. The Morgan fingerprint density at radius 3 is 3.06 bits per heavy atom. The summed E-state index contributed by atoms with van der Waals surface area (Å²) in [5.74, 6) is 3.52. The largest absolute Gasteiger partial charge is 0.489 e. The van der Waals surface area contributed by atoms with E-state index in [4.69, 9.17) is 4.74 Å². The molecule has 1 aromatic carbocycles. The molecule has 0 aromatic heterocycles. The van der Waals surface area contributed by atoms with E-state index in [-0.39, 0.29) is 5.92 Å². The summed E-state index contributed by atoms with van der Waals surface area (Å²) in [5.41, 5.74) is 1.15. The molecule has 1 aliphatic rings. The lowest BCUT2D eigenvalue weighted by Crippen LogP contribution is -2.24. The Balaban J connectivity index is 2.08. The second-order valence-corrected chi connectivity index (χ2v) is 5.95. The fourth-order valence-corrected chi connectivity index (χ4v) is 3.29. The van der Waals surface area contributed by atoms with Crippen molar-refractivity contribution in [2.24, 2.45) is 0 Å². The predicted octanol–water partition coefficient (Wildman–Crippen LogP) is 3.65. The molecule has 2 unspecified atom stereocenters. The van der Waals surface area contributed by atoms with Crippen molar-refractivity contribution in [2.45, 2.75) is 38.2 Å². The van der Waals surface area contributed by atoms with Crippen LogP contribution in [0.2, 0.25) is 0 Å². The molecular formula is C15H20O2S. The number of para-hydroxylation sites is 1. The zero-order valence-corrected chi connectivity index (χ0v) is 11.6. The van der Waals surface area contributed by atoms with Crippen LogP contribution in [0.25, 0.3) is 0 Å². The van der Waals surface area contributed by atoms with Crippen molar-refractivity contribution in [3.63, 3.8) is 0 Å². The van der Waals surface area contributed by atoms with Crippen molar-refractivity contribution in [2.75, 3.05) is 11.5 Å². The summed E-state index contributed by atoms with van der Waals surface area (Å²) in [4.78, 5) is 10.6. The minimum Gasteiger partial charge on any atom is -0.489 e. The molecule has 0 radical (unpaired) electrons. The second kappa shape index (κ2) is 6.83. The standard InChI is InChI=1S/C15H20O2S/c1-12(8-9-16)14-6-2-3-7-15(14)17-13-5-4-10-18-11-13/h2-3,6-7,9,12-13H,4-5,8,10-11H2,1H3. The smallest absolute Gasteiger partial charge is 0.123 e. The summed E-state index contributed by atoms with van der Waals surface area (Å²) in [7, 11) is 0. The van der Waals surface area contributed by atoms with Gasteiger partial charge in [0, 0.05) is 12.2 Å². The number of rotatable bonds is 5. The third-order valence-corrected chi connectivity index (χ3v) is 4.50. The Hall–Kier alpha value is -0.960. The summed E-state index contributed by atoms with van der Waals surface area (Å²) in [6.45, 7) is 2.08. The highest BCUT2D eigenvalue weighted by molar-refractivity contribution is 7.99. The molecule has 1 aromatic rings. The summed E-state index contributed by atoms with van der Waals surface area (Å²) in [5, 5.41) is 0. The van der Waals surface area contributed by atoms with Crippen molar-refractivity contribution in [3.8, 4) is 5.75 Å². The quantitative estimate of drug-likeness (QED) is 0.759. The number of carbonyl (C=O) groups excluding carboxylic acids is 1. The Bertz CT molecular complexity index is 386. The van der Waals surface area contributed by atoms with Gasteiger partial charge in [-0.05, 0) is 36.1 Å². The molecule has 0 aliphatic carbocycles. The number of carbonyl (C=O) groups is 1. The maximum absolute atomic E-state index is 10.6. The number of aldehydes is 1. The normalized spacial score (nSPS) is 21.3. The van der Waals surface area contributed by atoms with E-state index in [1.54, 1.807) is 0 Å². The Morgan fingerprint density at radius 2 is 2.33 bits per heavy atom. The van der Waals surface area contributed by atoms with Gasteiger partial charge in [0.05, 0.1) is 0 Å². The van der Waals surface area contributed by atoms with Crippen molar-refractivity contribution in [1.29, 1.82) is 0 Å². The molecule has 0 saturated carbocycles. The first-order valence-corrected chi connectivity index (χ1v) is 7.73. The first-order chi connectivity index (χ1) is 8.81. The number of hydrogen-bond donors (Lipinski definition) is 0. The second-order valence-electron chi connectivity index (χ2n) is 4.80. The molecule has 1 aliphatic heterocycles. The maximum Gasteiger partial charge on any atom is 0.123 e. The Kier molecular flexibility index (Phi) is 5.12. The molecule has 1 saturated heterocycles. The molecule has 0 bridgehead atoms. The number of thioether (sulfide) groups is 1. The minimum absolute atomic E-state index is 0.231. The van der Waals surface area contributed by atoms with E-state index < -0.39 is 0 Å². The number of hydrogen-bond acceptors (Lipinski definition) is 3. The highest BCUT2D eigenvalue weighted by atomic mass is 32.2. The lowest BCUT2D eigenvalue weighted by Gasteiger charge is -2.25. The van der Waals surface area contributed by atoms with Gasteiger partial charge in [0.25, 0.3) is 0 Å². The van der Waals surface area contributed by atoms with Gasteiger partial charge in [-0.15, -0.1) is 0 Å². The van der Waals surface area contributed by atoms with Crippen LogP contribution in [0.3, 0.4) is 0 Å². The van der Waals surface area contributed by atoms with Crippen molar-refractivity contribution in [3.05, 3.63) is 29.8 Å². The van der Waals surface area contributed by atoms with E-state index in [0.717, 1.165) is 29.8 Å². The Labute approximate surface area is 113 Å². The molecule has 18 heavy (non-hydrogen) atoms. The lowest BCUT2D eigenvalue weighted by atomic mass is 9.97. The molecule has 2 nitrogen and oxygen atoms in total.